The first-order valence-electron chi connectivity index (χ1n) is 10.8. The molecule has 162 valence electrons. The number of nitrogens with one attached hydrogen (secondary N) is 1. The van der Waals surface area contributed by atoms with Gasteiger partial charge in [0.1, 0.15) is 0 Å². The maximum absolute atomic E-state index is 13.5. The van der Waals surface area contributed by atoms with Crippen LogP contribution in [0.5, 0.6) is 0 Å². The average Bonchev–Trinajstić information content (AvgIpc) is 2.74. The van der Waals surface area contributed by atoms with Gasteiger partial charge in [0.2, 0.25) is 11.8 Å². The van der Waals surface area contributed by atoms with E-state index in [9.17, 15) is 9.59 Å². The molecule has 0 radical (unpaired) electrons. The molecule has 5 nitrogen and oxygen atoms in total. The first-order valence-corrected chi connectivity index (χ1v) is 10.8. The Labute approximate surface area is 181 Å². The lowest BCUT2D eigenvalue weighted by Crippen LogP contribution is -2.35. The topological polar surface area (TPSA) is 52.7 Å². The van der Waals surface area contributed by atoms with Crippen molar-refractivity contribution >= 4 is 23.2 Å². The van der Waals surface area contributed by atoms with Crippen LogP contribution in [0.1, 0.15) is 57.1 Å². The molecule has 5 heteroatoms. The van der Waals surface area contributed by atoms with E-state index < -0.39 is 0 Å². The number of hydrogen-bond donors (Lipinski definition) is 1. The Bertz CT molecular complexity index is 834. The molecule has 1 N–H and O–H groups in total. The second-order valence-electron chi connectivity index (χ2n) is 7.77. The number of benzene rings is 2. The smallest absolute Gasteiger partial charge is 0.230 e. The minimum absolute atomic E-state index is 0.0184. The number of carbonyl (C=O) groups excluding carboxylic acids is 2. The van der Waals surface area contributed by atoms with Crippen molar-refractivity contribution in [1.82, 2.24) is 4.90 Å². The largest absolute Gasteiger partial charge is 0.377 e. The molecule has 0 bridgehead atoms. The average molecular weight is 410 g/mol. The predicted octanol–water partition coefficient (Wildman–Crippen LogP) is 5.03. The molecule has 0 aliphatic rings. The number of nitrogens with zero attached hydrogens (tertiary/aromatic N) is 2. The zero-order chi connectivity index (χ0) is 22.1. The highest BCUT2D eigenvalue weighted by Crippen LogP contribution is 2.28. The van der Waals surface area contributed by atoms with Gasteiger partial charge in [-0.3, -0.25) is 9.59 Å². The summed E-state index contributed by atoms with van der Waals surface area (Å²) in [5, 5.41) is 2.93. The van der Waals surface area contributed by atoms with Crippen molar-refractivity contribution in [2.75, 3.05) is 30.9 Å². The van der Waals surface area contributed by atoms with Gasteiger partial charge in [-0.15, -0.1) is 0 Å². The van der Waals surface area contributed by atoms with Crippen LogP contribution < -0.4 is 10.2 Å². The molecule has 0 aliphatic heterocycles. The molecule has 0 aromatic heterocycles. The van der Waals surface area contributed by atoms with Gasteiger partial charge in [0.05, 0.1) is 5.92 Å². The van der Waals surface area contributed by atoms with Crippen LogP contribution in [-0.2, 0) is 16.1 Å². The number of amides is 2. The van der Waals surface area contributed by atoms with E-state index in [0.717, 1.165) is 35.3 Å². The fraction of sp³-hybridized carbons (Fsp3) is 0.440. The quantitative estimate of drug-likeness (QED) is 0.598. The summed E-state index contributed by atoms with van der Waals surface area (Å²) in [6, 6.07) is 15.9. The summed E-state index contributed by atoms with van der Waals surface area (Å²) in [5.74, 6) is -0.0167. The third kappa shape index (κ3) is 6.09. The maximum Gasteiger partial charge on any atom is 0.230 e. The van der Waals surface area contributed by atoms with E-state index in [0.29, 0.717) is 19.5 Å². The fourth-order valence-corrected chi connectivity index (χ4v) is 3.68. The van der Waals surface area contributed by atoms with E-state index in [4.69, 9.17) is 0 Å². The van der Waals surface area contributed by atoms with Crippen molar-refractivity contribution in [3.05, 3.63) is 59.7 Å². The monoisotopic (exact) mass is 409 g/mol. The predicted molar refractivity (Wildman–Crippen MR) is 125 cm³/mol. The molecule has 2 rings (SSSR count). The summed E-state index contributed by atoms with van der Waals surface area (Å²) in [6.45, 7) is 7.20. The third-order valence-corrected chi connectivity index (χ3v) is 5.24. The highest BCUT2D eigenvalue weighted by Gasteiger charge is 2.25. The van der Waals surface area contributed by atoms with E-state index in [1.54, 1.807) is 0 Å². The van der Waals surface area contributed by atoms with Gasteiger partial charge in [0.15, 0.2) is 0 Å². The summed E-state index contributed by atoms with van der Waals surface area (Å²) in [6.07, 6.45) is 2.08. The van der Waals surface area contributed by atoms with Crippen LogP contribution in [0, 0.1) is 0 Å². The first kappa shape index (κ1) is 23.5. The molecule has 2 aromatic rings. The molecular weight excluding hydrogens is 374 g/mol. The van der Waals surface area contributed by atoms with Gasteiger partial charge < -0.3 is 15.1 Å². The summed E-state index contributed by atoms with van der Waals surface area (Å²) in [4.78, 5) is 29.3. The van der Waals surface area contributed by atoms with Gasteiger partial charge >= 0.3 is 0 Å². The zero-order valence-corrected chi connectivity index (χ0v) is 18.9. The van der Waals surface area contributed by atoms with Crippen molar-refractivity contribution < 1.29 is 9.59 Å². The van der Waals surface area contributed by atoms with Crippen molar-refractivity contribution in [1.29, 1.82) is 0 Å². The normalized spacial score (nSPS) is 11.6. The van der Waals surface area contributed by atoms with Gasteiger partial charge in [-0.1, -0.05) is 51.1 Å². The highest BCUT2D eigenvalue weighted by atomic mass is 16.2. The van der Waals surface area contributed by atoms with Gasteiger partial charge in [-0.2, -0.15) is 0 Å². The SMILES string of the molecule is CCCN(Cc1cc(NC(=O)CC)ccc1N(C)C)C(=O)[C@@H](CC)c1ccccc1. The molecule has 0 aliphatic carbocycles. The molecule has 2 amide bonds. The fourth-order valence-electron chi connectivity index (χ4n) is 3.68. The summed E-state index contributed by atoms with van der Waals surface area (Å²) >= 11 is 0. The van der Waals surface area contributed by atoms with Gasteiger partial charge in [0.25, 0.3) is 0 Å². The van der Waals surface area contributed by atoms with Gasteiger partial charge in [-0.05, 0) is 42.2 Å². The summed E-state index contributed by atoms with van der Waals surface area (Å²) in [7, 11) is 3.99. The molecule has 0 spiro atoms. The molecule has 0 saturated carbocycles. The lowest BCUT2D eigenvalue weighted by atomic mass is 9.94. The van der Waals surface area contributed by atoms with Crippen LogP contribution in [0.4, 0.5) is 11.4 Å². The minimum Gasteiger partial charge on any atom is -0.377 e. The van der Waals surface area contributed by atoms with Crippen LogP contribution >= 0.6 is 0 Å². The Morgan fingerprint density at radius 3 is 2.27 bits per heavy atom. The Balaban J connectivity index is 2.35. The van der Waals surface area contributed by atoms with Crippen LogP contribution in [0.25, 0.3) is 0 Å². The van der Waals surface area contributed by atoms with Crippen molar-refractivity contribution in [3.63, 3.8) is 0 Å². The lowest BCUT2D eigenvalue weighted by Gasteiger charge is -2.29. The van der Waals surface area contributed by atoms with Gasteiger partial charge in [-0.25, -0.2) is 0 Å². The Kier molecular flexibility index (Phi) is 8.90. The summed E-state index contributed by atoms with van der Waals surface area (Å²) < 4.78 is 0. The van der Waals surface area contributed by atoms with E-state index >= 15 is 0 Å². The number of hydrogen-bond acceptors (Lipinski definition) is 3. The molecule has 0 saturated heterocycles. The molecule has 0 unspecified atom stereocenters. The van der Waals surface area contributed by atoms with Crippen molar-refractivity contribution in [2.24, 2.45) is 0 Å². The maximum atomic E-state index is 13.5. The number of anilines is 2. The van der Waals surface area contributed by atoms with Crippen LogP contribution in [0.3, 0.4) is 0 Å². The lowest BCUT2D eigenvalue weighted by molar-refractivity contribution is -0.133. The van der Waals surface area contributed by atoms with E-state index in [-0.39, 0.29) is 17.7 Å². The molecule has 30 heavy (non-hydrogen) atoms. The second-order valence-corrected chi connectivity index (χ2v) is 7.77. The van der Waals surface area contributed by atoms with E-state index in [2.05, 4.69) is 19.2 Å². The number of carbonyl (C=O) groups is 2. The molecule has 1 atom stereocenters. The van der Waals surface area contributed by atoms with Crippen molar-refractivity contribution in [2.45, 2.75) is 52.5 Å². The minimum atomic E-state index is -0.150. The third-order valence-electron chi connectivity index (χ3n) is 5.24. The number of rotatable bonds is 10. The van der Waals surface area contributed by atoms with Crippen molar-refractivity contribution in [3.8, 4) is 0 Å². The molecule has 2 aromatic carbocycles. The van der Waals surface area contributed by atoms with Gasteiger partial charge in [0, 0.05) is 45.0 Å². The van der Waals surface area contributed by atoms with E-state index in [1.165, 1.54) is 0 Å². The Hall–Kier alpha value is -2.82. The Morgan fingerprint density at radius 2 is 1.70 bits per heavy atom. The molecule has 0 fully saturated rings. The van der Waals surface area contributed by atoms with Crippen LogP contribution in [0.2, 0.25) is 0 Å². The Morgan fingerprint density at radius 1 is 1.00 bits per heavy atom. The first-order chi connectivity index (χ1) is 14.4. The van der Waals surface area contributed by atoms with E-state index in [1.807, 2.05) is 79.3 Å². The zero-order valence-electron chi connectivity index (χ0n) is 18.9. The summed E-state index contributed by atoms with van der Waals surface area (Å²) in [5.41, 5.74) is 3.90. The second kappa shape index (κ2) is 11.4. The van der Waals surface area contributed by atoms with Crippen LogP contribution in [0.15, 0.2) is 48.5 Å². The standard InChI is InChI=1S/C25H35N3O2/c1-6-16-28(25(30)22(7-2)19-12-10-9-11-13-19)18-20-17-21(26-24(29)8-3)14-15-23(20)27(4)5/h9-15,17,22H,6-8,16,18H2,1-5H3,(H,26,29)/t22-/m0/s1. The van der Waals surface area contributed by atoms with Crippen LogP contribution in [-0.4, -0.2) is 37.4 Å². The molecular formula is C25H35N3O2. The highest BCUT2D eigenvalue weighted by molar-refractivity contribution is 5.91. The molecule has 0 heterocycles.